The molecule has 0 aliphatic heterocycles. The molecule has 7 heteroatoms. The van der Waals surface area contributed by atoms with Crippen LogP contribution in [0.1, 0.15) is 23.7 Å². The second-order valence-electron chi connectivity index (χ2n) is 5.51. The summed E-state index contributed by atoms with van der Waals surface area (Å²) < 4.78 is 1.85. The summed E-state index contributed by atoms with van der Waals surface area (Å²) >= 11 is 1.34. The zero-order chi connectivity index (χ0) is 18.4. The number of ketones is 1. The molecule has 3 aromatic rings. The van der Waals surface area contributed by atoms with Gasteiger partial charge in [0.25, 0.3) is 0 Å². The summed E-state index contributed by atoms with van der Waals surface area (Å²) in [6.07, 6.45) is 2.05. The van der Waals surface area contributed by atoms with E-state index in [1.54, 1.807) is 37.5 Å². The second kappa shape index (κ2) is 8.44. The van der Waals surface area contributed by atoms with Gasteiger partial charge in [-0.15, -0.1) is 10.2 Å². The van der Waals surface area contributed by atoms with Crippen molar-refractivity contribution in [1.29, 1.82) is 0 Å². The highest BCUT2D eigenvalue weighted by atomic mass is 32.2. The quantitative estimate of drug-likeness (QED) is 0.511. The number of thioether (sulfide) groups is 1. The number of benzene rings is 2. The zero-order valence-electron chi connectivity index (χ0n) is 14.3. The molecule has 2 aromatic carbocycles. The lowest BCUT2D eigenvalue weighted by molar-refractivity contribution is -0.115. The molecule has 3 rings (SSSR count). The van der Waals surface area contributed by atoms with Gasteiger partial charge in [-0.05, 0) is 36.4 Å². The lowest BCUT2D eigenvalue weighted by atomic mass is 10.1. The van der Waals surface area contributed by atoms with Gasteiger partial charge in [0.05, 0.1) is 5.75 Å². The minimum absolute atomic E-state index is 0.00835. The minimum Gasteiger partial charge on any atom is -0.326 e. The summed E-state index contributed by atoms with van der Waals surface area (Å²) in [7, 11) is 0. The molecular weight excluding hydrogens is 348 g/mol. The molecule has 26 heavy (non-hydrogen) atoms. The van der Waals surface area contributed by atoms with Gasteiger partial charge in [0.15, 0.2) is 10.9 Å². The average molecular weight is 366 g/mol. The number of para-hydroxylation sites is 1. The molecular formula is C19H18N4O2S. The van der Waals surface area contributed by atoms with E-state index < -0.39 is 0 Å². The van der Waals surface area contributed by atoms with Gasteiger partial charge in [-0.25, -0.2) is 0 Å². The predicted molar refractivity (Wildman–Crippen MR) is 102 cm³/mol. The van der Waals surface area contributed by atoms with Crippen LogP contribution in [0.2, 0.25) is 0 Å². The Labute approximate surface area is 155 Å². The van der Waals surface area contributed by atoms with Gasteiger partial charge in [0.1, 0.15) is 6.33 Å². The molecule has 1 aromatic heterocycles. The predicted octanol–water partition coefficient (Wildman–Crippen LogP) is 3.59. The van der Waals surface area contributed by atoms with E-state index in [-0.39, 0.29) is 17.4 Å². The molecule has 0 radical (unpaired) electrons. The van der Waals surface area contributed by atoms with E-state index >= 15 is 0 Å². The monoisotopic (exact) mass is 366 g/mol. The molecule has 6 nitrogen and oxygen atoms in total. The number of carbonyl (C=O) groups is 2. The fourth-order valence-corrected chi connectivity index (χ4v) is 3.11. The van der Waals surface area contributed by atoms with Crippen LogP contribution in [0, 0.1) is 0 Å². The standard InChI is InChI=1S/C19H18N4O2S/c1-2-18(25)21-15-10-8-14(9-11-15)17(24)12-26-19-22-20-13-23(19)16-6-4-3-5-7-16/h3-11,13H,2,12H2,1H3,(H,21,25). The fourth-order valence-electron chi connectivity index (χ4n) is 2.29. The van der Waals surface area contributed by atoms with E-state index in [0.717, 1.165) is 5.69 Å². The van der Waals surface area contributed by atoms with E-state index in [1.807, 2.05) is 34.9 Å². The van der Waals surface area contributed by atoms with Crippen molar-refractivity contribution in [3.8, 4) is 5.69 Å². The van der Waals surface area contributed by atoms with E-state index in [9.17, 15) is 9.59 Å². The van der Waals surface area contributed by atoms with Crippen molar-refractivity contribution in [2.24, 2.45) is 0 Å². The van der Waals surface area contributed by atoms with Gasteiger partial charge in [0.2, 0.25) is 5.91 Å². The van der Waals surface area contributed by atoms with Crippen LogP contribution in [0.25, 0.3) is 5.69 Å². The normalized spacial score (nSPS) is 10.5. The minimum atomic E-state index is -0.0557. The molecule has 0 bridgehead atoms. The van der Waals surface area contributed by atoms with Crippen molar-refractivity contribution >= 4 is 29.1 Å². The van der Waals surface area contributed by atoms with Crippen molar-refractivity contribution in [2.45, 2.75) is 18.5 Å². The third-order valence-electron chi connectivity index (χ3n) is 3.69. The Morgan fingerprint density at radius 1 is 1.08 bits per heavy atom. The maximum atomic E-state index is 12.4. The number of carbonyl (C=O) groups excluding carboxylic acids is 2. The first-order valence-corrected chi connectivity index (χ1v) is 9.17. The van der Waals surface area contributed by atoms with Gasteiger partial charge in [0, 0.05) is 23.4 Å². The molecule has 0 atom stereocenters. The van der Waals surface area contributed by atoms with Crippen LogP contribution in [-0.2, 0) is 4.79 Å². The molecule has 0 saturated heterocycles. The van der Waals surface area contributed by atoms with Crippen LogP contribution >= 0.6 is 11.8 Å². The van der Waals surface area contributed by atoms with E-state index in [0.29, 0.717) is 22.8 Å². The smallest absolute Gasteiger partial charge is 0.224 e. The first kappa shape index (κ1) is 17.9. The first-order chi connectivity index (χ1) is 12.7. The number of amides is 1. The summed E-state index contributed by atoms with van der Waals surface area (Å²) in [4.78, 5) is 23.8. The lowest BCUT2D eigenvalue weighted by Gasteiger charge is -2.06. The van der Waals surface area contributed by atoms with Crippen LogP contribution in [0.4, 0.5) is 5.69 Å². The third kappa shape index (κ3) is 4.37. The number of anilines is 1. The lowest BCUT2D eigenvalue weighted by Crippen LogP contribution is -2.10. The number of rotatable bonds is 7. The van der Waals surface area contributed by atoms with Gasteiger partial charge in [-0.1, -0.05) is 36.9 Å². The van der Waals surface area contributed by atoms with Crippen LogP contribution in [0.5, 0.6) is 0 Å². The fraction of sp³-hybridized carbons (Fsp3) is 0.158. The zero-order valence-corrected chi connectivity index (χ0v) is 15.1. The Bertz CT molecular complexity index is 891. The highest BCUT2D eigenvalue weighted by Crippen LogP contribution is 2.21. The Hall–Kier alpha value is -2.93. The van der Waals surface area contributed by atoms with Gasteiger partial charge >= 0.3 is 0 Å². The molecule has 1 heterocycles. The summed E-state index contributed by atoms with van der Waals surface area (Å²) in [5.74, 6) is 0.192. The SMILES string of the molecule is CCC(=O)Nc1ccc(C(=O)CSc2nncn2-c2ccccc2)cc1. The molecule has 0 aliphatic rings. The van der Waals surface area contributed by atoms with Crippen LogP contribution in [0.15, 0.2) is 66.1 Å². The third-order valence-corrected chi connectivity index (χ3v) is 4.64. The molecule has 0 aliphatic carbocycles. The Kier molecular flexibility index (Phi) is 5.80. The maximum Gasteiger partial charge on any atom is 0.224 e. The van der Waals surface area contributed by atoms with Gasteiger partial charge < -0.3 is 5.32 Å². The Balaban J connectivity index is 1.63. The number of aromatic nitrogens is 3. The van der Waals surface area contributed by atoms with Crippen molar-refractivity contribution in [3.63, 3.8) is 0 Å². The highest BCUT2D eigenvalue weighted by Gasteiger charge is 2.12. The highest BCUT2D eigenvalue weighted by molar-refractivity contribution is 7.99. The second-order valence-corrected chi connectivity index (χ2v) is 6.45. The van der Waals surface area contributed by atoms with Crippen molar-refractivity contribution < 1.29 is 9.59 Å². The number of hydrogen-bond acceptors (Lipinski definition) is 5. The summed E-state index contributed by atoms with van der Waals surface area (Å²) in [6.45, 7) is 1.79. The van der Waals surface area contributed by atoms with E-state index in [4.69, 9.17) is 0 Å². The van der Waals surface area contributed by atoms with Crippen molar-refractivity contribution in [2.75, 3.05) is 11.1 Å². The van der Waals surface area contributed by atoms with Gasteiger partial charge in [-0.3, -0.25) is 14.2 Å². The number of hydrogen-bond donors (Lipinski definition) is 1. The Morgan fingerprint density at radius 2 is 1.81 bits per heavy atom. The number of nitrogens with one attached hydrogen (secondary N) is 1. The maximum absolute atomic E-state index is 12.4. The molecule has 0 fully saturated rings. The molecule has 1 amide bonds. The molecule has 0 saturated carbocycles. The first-order valence-electron chi connectivity index (χ1n) is 8.18. The molecule has 1 N–H and O–H groups in total. The molecule has 0 spiro atoms. The average Bonchev–Trinajstić information content (AvgIpc) is 3.16. The van der Waals surface area contributed by atoms with E-state index in [1.165, 1.54) is 11.8 Å². The van der Waals surface area contributed by atoms with Crippen molar-refractivity contribution in [1.82, 2.24) is 14.8 Å². The van der Waals surface area contributed by atoms with Gasteiger partial charge in [-0.2, -0.15) is 0 Å². The molecule has 0 unspecified atom stereocenters. The van der Waals surface area contributed by atoms with E-state index in [2.05, 4.69) is 15.5 Å². The van der Waals surface area contributed by atoms with Crippen molar-refractivity contribution in [3.05, 3.63) is 66.5 Å². The molecule has 132 valence electrons. The summed E-state index contributed by atoms with van der Waals surface area (Å²) in [6, 6.07) is 16.6. The largest absolute Gasteiger partial charge is 0.326 e. The number of Topliss-reactive ketones (excluding diaryl/α,β-unsaturated/α-hetero) is 1. The summed E-state index contributed by atoms with van der Waals surface area (Å²) in [5, 5.41) is 11.5. The van der Waals surface area contributed by atoms with Crippen LogP contribution in [0.3, 0.4) is 0 Å². The summed E-state index contributed by atoms with van der Waals surface area (Å²) in [5.41, 5.74) is 2.23. The van der Waals surface area contributed by atoms with Crippen LogP contribution < -0.4 is 5.32 Å². The Morgan fingerprint density at radius 3 is 2.50 bits per heavy atom. The number of nitrogens with zero attached hydrogens (tertiary/aromatic N) is 3. The topological polar surface area (TPSA) is 76.9 Å². The van der Waals surface area contributed by atoms with Crippen LogP contribution in [-0.4, -0.2) is 32.2 Å².